The molecule has 1 unspecified atom stereocenters. The first-order valence-corrected chi connectivity index (χ1v) is 5.80. The second-order valence-corrected chi connectivity index (χ2v) is 5.33. The molecule has 1 N–H and O–H groups in total. The molecule has 84 valence electrons. The van der Waals surface area contributed by atoms with E-state index in [2.05, 4.69) is 50.4 Å². The van der Waals surface area contributed by atoms with Crippen molar-refractivity contribution in [2.45, 2.75) is 45.2 Å². The molecule has 1 nitrogen and oxygen atoms in total. The minimum atomic E-state index is -0.0353. The van der Waals surface area contributed by atoms with Gasteiger partial charge in [-0.3, -0.25) is 0 Å². The smallest absolute Gasteiger partial charge is 0.0484 e. The van der Waals surface area contributed by atoms with Gasteiger partial charge in [-0.2, -0.15) is 0 Å². The van der Waals surface area contributed by atoms with E-state index in [-0.39, 0.29) is 10.9 Å². The Morgan fingerprint density at radius 2 is 1.80 bits per heavy atom. The Hall–Kier alpha value is -0.530. The molecular formula is C13H20ClN. The summed E-state index contributed by atoms with van der Waals surface area (Å²) in [6.07, 6.45) is 0. The van der Waals surface area contributed by atoms with Gasteiger partial charge in [-0.05, 0) is 33.3 Å². The number of benzene rings is 1. The van der Waals surface area contributed by atoms with Gasteiger partial charge in [0.15, 0.2) is 0 Å². The molecule has 0 aromatic heterocycles. The zero-order valence-corrected chi connectivity index (χ0v) is 10.7. The molecular weight excluding hydrogens is 206 g/mol. The van der Waals surface area contributed by atoms with Crippen molar-refractivity contribution in [3.63, 3.8) is 0 Å². The highest BCUT2D eigenvalue weighted by Gasteiger charge is 2.22. The van der Waals surface area contributed by atoms with Crippen molar-refractivity contribution < 1.29 is 0 Å². The van der Waals surface area contributed by atoms with Gasteiger partial charge in [-0.25, -0.2) is 0 Å². The molecule has 0 spiro atoms. The minimum Gasteiger partial charge on any atom is -0.306 e. The third-order valence-corrected chi connectivity index (χ3v) is 3.41. The van der Waals surface area contributed by atoms with Gasteiger partial charge < -0.3 is 5.32 Å². The van der Waals surface area contributed by atoms with Gasteiger partial charge in [-0.1, -0.05) is 29.8 Å². The fourth-order valence-electron chi connectivity index (χ4n) is 1.18. The van der Waals surface area contributed by atoms with E-state index >= 15 is 0 Å². The Morgan fingerprint density at radius 3 is 2.27 bits per heavy atom. The van der Waals surface area contributed by atoms with Gasteiger partial charge in [0, 0.05) is 17.5 Å². The number of alkyl halides is 1. The summed E-state index contributed by atoms with van der Waals surface area (Å²) in [4.78, 5) is 0. The van der Waals surface area contributed by atoms with E-state index in [4.69, 9.17) is 11.6 Å². The Labute approximate surface area is 97.8 Å². The lowest BCUT2D eigenvalue weighted by Gasteiger charge is -2.29. The standard InChI is InChI=1S/C13H20ClN/c1-10-5-7-12(8-6-10)9-15-13(3,4)11(2)14/h5-8,11,15H,9H2,1-4H3. The van der Waals surface area contributed by atoms with Crippen LogP contribution in [0.3, 0.4) is 0 Å². The average molecular weight is 226 g/mol. The Balaban J connectivity index is 2.54. The van der Waals surface area contributed by atoms with Crippen molar-refractivity contribution in [1.29, 1.82) is 0 Å². The van der Waals surface area contributed by atoms with Crippen LogP contribution in [0.25, 0.3) is 0 Å². The normalized spacial score (nSPS) is 13.9. The molecule has 1 aromatic carbocycles. The predicted molar refractivity (Wildman–Crippen MR) is 67.4 cm³/mol. The van der Waals surface area contributed by atoms with Crippen LogP contribution >= 0.6 is 11.6 Å². The second kappa shape index (κ2) is 5.00. The van der Waals surface area contributed by atoms with Crippen LogP contribution in [0.1, 0.15) is 31.9 Å². The molecule has 0 aliphatic rings. The zero-order valence-electron chi connectivity index (χ0n) is 9.97. The summed E-state index contributed by atoms with van der Waals surface area (Å²) < 4.78 is 0. The summed E-state index contributed by atoms with van der Waals surface area (Å²) in [5.74, 6) is 0. The van der Waals surface area contributed by atoms with E-state index in [1.165, 1.54) is 11.1 Å². The molecule has 0 fully saturated rings. The van der Waals surface area contributed by atoms with Crippen LogP contribution in [-0.2, 0) is 6.54 Å². The van der Waals surface area contributed by atoms with E-state index < -0.39 is 0 Å². The van der Waals surface area contributed by atoms with Gasteiger partial charge in [-0.15, -0.1) is 11.6 Å². The van der Waals surface area contributed by atoms with Crippen molar-refractivity contribution in [2.75, 3.05) is 0 Å². The van der Waals surface area contributed by atoms with Gasteiger partial charge >= 0.3 is 0 Å². The Morgan fingerprint density at radius 1 is 1.27 bits per heavy atom. The fourth-order valence-corrected chi connectivity index (χ4v) is 1.25. The number of hydrogen-bond donors (Lipinski definition) is 1. The van der Waals surface area contributed by atoms with E-state index in [9.17, 15) is 0 Å². The summed E-state index contributed by atoms with van der Waals surface area (Å²) >= 11 is 6.10. The Kier molecular flexibility index (Phi) is 4.18. The van der Waals surface area contributed by atoms with E-state index in [0.717, 1.165) is 6.54 Å². The number of hydrogen-bond acceptors (Lipinski definition) is 1. The van der Waals surface area contributed by atoms with Crippen LogP contribution in [0.15, 0.2) is 24.3 Å². The zero-order chi connectivity index (χ0) is 11.5. The third kappa shape index (κ3) is 3.84. The largest absolute Gasteiger partial charge is 0.306 e. The highest BCUT2D eigenvalue weighted by atomic mass is 35.5. The van der Waals surface area contributed by atoms with Gasteiger partial charge in [0.1, 0.15) is 0 Å². The molecule has 0 bridgehead atoms. The van der Waals surface area contributed by atoms with Crippen molar-refractivity contribution in [3.8, 4) is 0 Å². The summed E-state index contributed by atoms with van der Waals surface area (Å²) in [5, 5.41) is 3.58. The number of aryl methyl sites for hydroxylation is 1. The van der Waals surface area contributed by atoms with Crippen molar-refractivity contribution in [3.05, 3.63) is 35.4 Å². The van der Waals surface area contributed by atoms with Gasteiger partial charge in [0.05, 0.1) is 0 Å². The van der Waals surface area contributed by atoms with Crippen LogP contribution in [0.4, 0.5) is 0 Å². The van der Waals surface area contributed by atoms with Gasteiger partial charge in [0.25, 0.3) is 0 Å². The topological polar surface area (TPSA) is 12.0 Å². The van der Waals surface area contributed by atoms with Crippen LogP contribution in [-0.4, -0.2) is 10.9 Å². The molecule has 2 heteroatoms. The van der Waals surface area contributed by atoms with Crippen molar-refractivity contribution in [1.82, 2.24) is 5.32 Å². The minimum absolute atomic E-state index is 0.0353. The molecule has 0 saturated carbocycles. The third-order valence-electron chi connectivity index (χ3n) is 2.86. The maximum Gasteiger partial charge on any atom is 0.0484 e. The molecule has 0 radical (unpaired) electrons. The molecule has 15 heavy (non-hydrogen) atoms. The summed E-state index contributed by atoms with van der Waals surface area (Å²) in [7, 11) is 0. The molecule has 0 saturated heterocycles. The molecule has 1 rings (SSSR count). The number of halogens is 1. The van der Waals surface area contributed by atoms with Crippen molar-refractivity contribution in [2.24, 2.45) is 0 Å². The summed E-state index contributed by atoms with van der Waals surface area (Å²) in [6, 6.07) is 8.57. The average Bonchev–Trinajstić information content (AvgIpc) is 2.17. The molecule has 0 aliphatic carbocycles. The van der Waals surface area contributed by atoms with Crippen LogP contribution in [0, 0.1) is 6.92 Å². The maximum atomic E-state index is 6.10. The lowest BCUT2D eigenvalue weighted by molar-refractivity contribution is 0.380. The highest BCUT2D eigenvalue weighted by Crippen LogP contribution is 2.15. The molecule has 1 atom stereocenters. The summed E-state index contributed by atoms with van der Waals surface area (Å²) in [5.41, 5.74) is 2.56. The van der Waals surface area contributed by atoms with E-state index in [1.807, 2.05) is 6.92 Å². The van der Waals surface area contributed by atoms with Gasteiger partial charge in [0.2, 0.25) is 0 Å². The molecule has 0 aliphatic heterocycles. The monoisotopic (exact) mass is 225 g/mol. The van der Waals surface area contributed by atoms with Crippen molar-refractivity contribution >= 4 is 11.6 Å². The first-order valence-electron chi connectivity index (χ1n) is 5.36. The molecule has 0 amide bonds. The lowest BCUT2D eigenvalue weighted by Crippen LogP contribution is -2.45. The first kappa shape index (κ1) is 12.5. The number of rotatable bonds is 4. The van der Waals surface area contributed by atoms with E-state index in [1.54, 1.807) is 0 Å². The highest BCUT2D eigenvalue weighted by molar-refractivity contribution is 6.21. The second-order valence-electron chi connectivity index (χ2n) is 4.68. The summed E-state index contributed by atoms with van der Waals surface area (Å²) in [6.45, 7) is 9.23. The SMILES string of the molecule is Cc1ccc(CNC(C)(C)C(C)Cl)cc1. The lowest BCUT2D eigenvalue weighted by atomic mass is 10.0. The van der Waals surface area contributed by atoms with Crippen LogP contribution < -0.4 is 5.32 Å². The quantitative estimate of drug-likeness (QED) is 0.774. The predicted octanol–water partition coefficient (Wildman–Crippen LogP) is 3.49. The van der Waals surface area contributed by atoms with Crippen LogP contribution in [0.5, 0.6) is 0 Å². The van der Waals surface area contributed by atoms with Crippen LogP contribution in [0.2, 0.25) is 0 Å². The Bertz CT molecular complexity index is 301. The molecule has 0 heterocycles. The molecule has 1 aromatic rings. The fraction of sp³-hybridized carbons (Fsp3) is 0.538. The van der Waals surface area contributed by atoms with E-state index in [0.29, 0.717) is 0 Å². The first-order chi connectivity index (χ1) is 6.92. The number of nitrogens with one attached hydrogen (secondary N) is 1. The maximum absolute atomic E-state index is 6.10.